The van der Waals surface area contributed by atoms with Gasteiger partial charge in [-0.15, -0.1) is 5.10 Å². The first kappa shape index (κ1) is 15.3. The fourth-order valence-corrected chi connectivity index (χ4v) is 5.80. The van der Waals surface area contributed by atoms with Crippen LogP contribution in [0.5, 0.6) is 0 Å². The fraction of sp³-hybridized carbons (Fsp3) is 0.800. The van der Waals surface area contributed by atoms with Crippen molar-refractivity contribution in [1.82, 2.24) is 19.7 Å². The molecule has 1 fully saturated rings. The van der Waals surface area contributed by atoms with Crippen molar-refractivity contribution < 1.29 is 8.42 Å². The van der Waals surface area contributed by atoms with Crippen LogP contribution in [0, 0.1) is 0 Å². The normalized spacial score (nSPS) is 24.6. The first-order valence-electron chi connectivity index (χ1n) is 6.06. The van der Waals surface area contributed by atoms with Crippen LogP contribution in [0.25, 0.3) is 0 Å². The zero-order valence-electron chi connectivity index (χ0n) is 10.8. The lowest BCUT2D eigenvalue weighted by atomic mass is 9.96. The van der Waals surface area contributed by atoms with Gasteiger partial charge < -0.3 is 0 Å². The van der Waals surface area contributed by atoms with Gasteiger partial charge in [-0.1, -0.05) is 18.1 Å². The zero-order valence-corrected chi connectivity index (χ0v) is 14.1. The van der Waals surface area contributed by atoms with E-state index in [1.165, 1.54) is 11.1 Å². The van der Waals surface area contributed by atoms with Gasteiger partial charge in [0.25, 0.3) is 10.0 Å². The average molecular weight is 369 g/mol. The maximum atomic E-state index is 12.4. The van der Waals surface area contributed by atoms with Crippen molar-refractivity contribution in [3.63, 3.8) is 0 Å². The van der Waals surface area contributed by atoms with Crippen LogP contribution in [0.3, 0.4) is 0 Å². The van der Waals surface area contributed by atoms with E-state index in [2.05, 4.69) is 31.0 Å². The summed E-state index contributed by atoms with van der Waals surface area (Å²) in [7, 11) is -2.02. The van der Waals surface area contributed by atoms with E-state index in [-0.39, 0.29) is 15.7 Å². The molecule has 0 radical (unpaired) electrons. The monoisotopic (exact) mass is 368 g/mol. The van der Waals surface area contributed by atoms with Gasteiger partial charge in [-0.05, 0) is 35.0 Å². The number of halogens is 1. The first-order chi connectivity index (χ1) is 8.95. The third-order valence-corrected chi connectivity index (χ3v) is 6.85. The van der Waals surface area contributed by atoms with E-state index < -0.39 is 10.0 Å². The molecule has 0 amide bonds. The molecular weight excluding hydrogens is 352 g/mol. The molecule has 0 spiro atoms. The van der Waals surface area contributed by atoms with Crippen molar-refractivity contribution in [1.29, 1.82) is 0 Å². The van der Waals surface area contributed by atoms with Crippen molar-refractivity contribution >= 4 is 37.7 Å². The van der Waals surface area contributed by atoms with Crippen LogP contribution in [0.1, 0.15) is 25.7 Å². The Balaban J connectivity index is 2.21. The lowest BCUT2D eigenvalue weighted by Gasteiger charge is -2.30. The van der Waals surface area contributed by atoms with Crippen LogP contribution < -0.4 is 4.72 Å². The highest BCUT2D eigenvalue weighted by Gasteiger charge is 2.32. The summed E-state index contributed by atoms with van der Waals surface area (Å²) in [6.07, 6.45) is 6.20. The Morgan fingerprint density at radius 1 is 1.42 bits per heavy atom. The fourth-order valence-electron chi connectivity index (χ4n) is 2.38. The van der Waals surface area contributed by atoms with E-state index in [0.29, 0.717) is 5.25 Å². The predicted octanol–water partition coefficient (Wildman–Crippen LogP) is 1.53. The molecule has 6 nitrogen and oxygen atoms in total. The SMILES string of the molecule is CSC1CCCCC1NS(=O)(=O)c1c(Br)nnn1C. The van der Waals surface area contributed by atoms with E-state index >= 15 is 0 Å². The molecule has 1 heterocycles. The maximum Gasteiger partial charge on any atom is 0.260 e. The van der Waals surface area contributed by atoms with Gasteiger partial charge in [0.15, 0.2) is 4.60 Å². The van der Waals surface area contributed by atoms with Crippen molar-refractivity contribution in [3.05, 3.63) is 4.60 Å². The Hall–Kier alpha value is -0.120. The highest BCUT2D eigenvalue weighted by atomic mass is 79.9. The van der Waals surface area contributed by atoms with Crippen LogP contribution in [0.2, 0.25) is 0 Å². The molecule has 1 aromatic rings. The highest BCUT2D eigenvalue weighted by molar-refractivity contribution is 9.10. The minimum Gasteiger partial charge on any atom is -0.235 e. The molecule has 0 bridgehead atoms. The standard InChI is InChI=1S/C10H17BrN4O2S2/c1-15-10(9(11)12-14-15)19(16,17)13-7-5-3-4-6-8(7)18-2/h7-8,13H,3-6H2,1-2H3. The van der Waals surface area contributed by atoms with Gasteiger partial charge >= 0.3 is 0 Å². The molecule has 108 valence electrons. The molecule has 2 unspecified atom stereocenters. The molecule has 0 aliphatic heterocycles. The number of hydrogen-bond acceptors (Lipinski definition) is 5. The topological polar surface area (TPSA) is 76.9 Å². The van der Waals surface area contributed by atoms with E-state index in [4.69, 9.17) is 0 Å². The van der Waals surface area contributed by atoms with Gasteiger partial charge in [0.05, 0.1) is 0 Å². The second-order valence-corrected chi connectivity index (χ2v) is 8.05. The number of thioether (sulfide) groups is 1. The minimum atomic E-state index is -3.59. The summed E-state index contributed by atoms with van der Waals surface area (Å²) in [5.41, 5.74) is 0. The predicted molar refractivity (Wildman–Crippen MR) is 78.6 cm³/mol. The van der Waals surface area contributed by atoms with Gasteiger partial charge in [-0.3, -0.25) is 0 Å². The number of aromatic nitrogens is 3. The summed E-state index contributed by atoms with van der Waals surface area (Å²) in [4.78, 5) is 0. The number of sulfonamides is 1. The van der Waals surface area contributed by atoms with E-state index in [1.807, 2.05) is 6.26 Å². The van der Waals surface area contributed by atoms with Crippen LogP contribution in [0.4, 0.5) is 0 Å². The van der Waals surface area contributed by atoms with Crippen molar-refractivity contribution in [2.75, 3.05) is 6.26 Å². The number of rotatable bonds is 4. The Labute approximate surface area is 125 Å². The minimum absolute atomic E-state index is 0.0180. The summed E-state index contributed by atoms with van der Waals surface area (Å²) in [6.45, 7) is 0. The Bertz CT molecular complexity index is 526. The molecule has 1 aliphatic rings. The summed E-state index contributed by atoms with van der Waals surface area (Å²) >= 11 is 4.85. The van der Waals surface area contributed by atoms with E-state index in [1.54, 1.807) is 18.8 Å². The number of hydrogen-bond donors (Lipinski definition) is 1. The molecule has 0 aromatic carbocycles. The zero-order chi connectivity index (χ0) is 14.0. The maximum absolute atomic E-state index is 12.4. The van der Waals surface area contributed by atoms with Crippen LogP contribution in [0.15, 0.2) is 9.63 Å². The number of aryl methyl sites for hydroxylation is 1. The number of nitrogens with zero attached hydrogens (tertiary/aromatic N) is 3. The summed E-state index contributed by atoms with van der Waals surface area (Å²) in [6, 6.07) is -0.0180. The molecule has 19 heavy (non-hydrogen) atoms. The molecule has 2 rings (SSSR count). The van der Waals surface area contributed by atoms with E-state index in [9.17, 15) is 8.42 Å². The molecule has 1 aliphatic carbocycles. The van der Waals surface area contributed by atoms with Crippen LogP contribution in [-0.2, 0) is 17.1 Å². The molecule has 1 saturated carbocycles. The quantitative estimate of drug-likeness (QED) is 0.871. The second kappa shape index (κ2) is 6.11. The van der Waals surface area contributed by atoms with Gasteiger partial charge in [-0.25, -0.2) is 17.8 Å². The van der Waals surface area contributed by atoms with Crippen LogP contribution >= 0.6 is 27.7 Å². The van der Waals surface area contributed by atoms with Crippen molar-refractivity contribution in [2.24, 2.45) is 7.05 Å². The van der Waals surface area contributed by atoms with Gasteiger partial charge in [0, 0.05) is 18.3 Å². The van der Waals surface area contributed by atoms with E-state index in [0.717, 1.165) is 19.3 Å². The van der Waals surface area contributed by atoms with Gasteiger partial charge in [0.2, 0.25) is 5.03 Å². The molecule has 9 heteroatoms. The largest absolute Gasteiger partial charge is 0.260 e. The smallest absolute Gasteiger partial charge is 0.235 e. The summed E-state index contributed by atoms with van der Waals surface area (Å²) < 4.78 is 29.1. The molecular formula is C10H17BrN4O2S2. The Morgan fingerprint density at radius 2 is 2.11 bits per heavy atom. The van der Waals surface area contributed by atoms with Gasteiger partial charge in [0.1, 0.15) is 0 Å². The van der Waals surface area contributed by atoms with Crippen molar-refractivity contribution in [2.45, 2.75) is 42.0 Å². The lowest BCUT2D eigenvalue weighted by molar-refractivity contribution is 0.421. The van der Waals surface area contributed by atoms with Crippen LogP contribution in [-0.4, -0.2) is 41.0 Å². The second-order valence-electron chi connectivity index (χ2n) is 4.60. The van der Waals surface area contributed by atoms with Crippen molar-refractivity contribution in [3.8, 4) is 0 Å². The summed E-state index contributed by atoms with van der Waals surface area (Å²) in [5.74, 6) is 0. The molecule has 1 N–H and O–H groups in total. The first-order valence-corrected chi connectivity index (χ1v) is 9.62. The lowest BCUT2D eigenvalue weighted by Crippen LogP contribution is -2.44. The third kappa shape index (κ3) is 3.32. The van der Waals surface area contributed by atoms with Gasteiger partial charge in [-0.2, -0.15) is 11.8 Å². The summed E-state index contributed by atoms with van der Waals surface area (Å²) in [5, 5.41) is 7.85. The Morgan fingerprint density at radius 3 is 2.68 bits per heavy atom. The Kier molecular flexibility index (Phi) is 4.91. The average Bonchev–Trinajstić information content (AvgIpc) is 2.70. The molecule has 2 atom stereocenters. The highest BCUT2D eigenvalue weighted by Crippen LogP contribution is 2.29. The molecule has 0 saturated heterocycles. The number of nitrogens with one attached hydrogen (secondary N) is 1. The molecule has 1 aromatic heterocycles. The third-order valence-electron chi connectivity index (χ3n) is 3.30.